The Morgan fingerprint density at radius 2 is 2.60 bits per heavy atom. The molecule has 0 amide bonds. The minimum absolute atomic E-state index is 0.341. The molecule has 1 unspecified atom stereocenters. The summed E-state index contributed by atoms with van der Waals surface area (Å²) in [5, 5.41) is 12.9. The van der Waals surface area contributed by atoms with E-state index in [0.717, 1.165) is 4.47 Å². The van der Waals surface area contributed by atoms with Crippen LogP contribution in [-0.4, -0.2) is 21.0 Å². The van der Waals surface area contributed by atoms with E-state index in [0.29, 0.717) is 6.54 Å². The molecule has 1 N–H and O–H groups in total. The second-order valence-corrected chi connectivity index (χ2v) is 3.15. The van der Waals surface area contributed by atoms with Crippen LogP contribution in [0, 0.1) is 0 Å². The summed E-state index contributed by atoms with van der Waals surface area (Å²) in [7, 11) is 0. The molecular formula is C6H9BrN2O. The number of nitrogens with zero attached hydrogens (tertiary/aromatic N) is 2. The molecule has 0 bridgehead atoms. The van der Waals surface area contributed by atoms with Gasteiger partial charge in [0.1, 0.15) is 0 Å². The SMILES string of the molecule is CC(O)Cn1cc(Br)cn1. The molecule has 0 radical (unpaired) electrons. The maximum Gasteiger partial charge on any atom is 0.0708 e. The molecule has 0 saturated carbocycles. The third kappa shape index (κ3) is 2.11. The van der Waals surface area contributed by atoms with Gasteiger partial charge < -0.3 is 5.11 Å². The molecule has 0 aliphatic carbocycles. The van der Waals surface area contributed by atoms with Crippen molar-refractivity contribution in [1.82, 2.24) is 9.78 Å². The third-order valence-corrected chi connectivity index (χ3v) is 1.46. The molecule has 0 spiro atoms. The van der Waals surface area contributed by atoms with E-state index in [-0.39, 0.29) is 6.10 Å². The summed E-state index contributed by atoms with van der Waals surface area (Å²) in [5.74, 6) is 0. The van der Waals surface area contributed by atoms with Gasteiger partial charge in [0.15, 0.2) is 0 Å². The number of halogens is 1. The smallest absolute Gasteiger partial charge is 0.0708 e. The Bertz CT molecular complexity index is 209. The van der Waals surface area contributed by atoms with Crippen molar-refractivity contribution < 1.29 is 5.11 Å². The van der Waals surface area contributed by atoms with E-state index in [4.69, 9.17) is 5.11 Å². The Hall–Kier alpha value is -0.350. The molecule has 1 atom stereocenters. The molecule has 1 aromatic heterocycles. The molecule has 1 rings (SSSR count). The Morgan fingerprint density at radius 3 is 3.00 bits per heavy atom. The predicted molar refractivity (Wildman–Crippen MR) is 41.6 cm³/mol. The van der Waals surface area contributed by atoms with E-state index in [1.165, 1.54) is 0 Å². The van der Waals surface area contributed by atoms with Gasteiger partial charge >= 0.3 is 0 Å². The summed E-state index contributed by atoms with van der Waals surface area (Å²) in [6.45, 7) is 2.28. The largest absolute Gasteiger partial charge is 0.391 e. The molecule has 3 nitrogen and oxygen atoms in total. The molecule has 0 aromatic carbocycles. The van der Waals surface area contributed by atoms with Crippen molar-refractivity contribution in [3.63, 3.8) is 0 Å². The highest BCUT2D eigenvalue weighted by Gasteiger charge is 1.98. The van der Waals surface area contributed by atoms with E-state index in [1.54, 1.807) is 17.8 Å². The first-order valence-corrected chi connectivity index (χ1v) is 3.84. The Labute approximate surface area is 67.8 Å². The Morgan fingerprint density at radius 1 is 1.90 bits per heavy atom. The van der Waals surface area contributed by atoms with Gasteiger partial charge in [-0.05, 0) is 22.9 Å². The van der Waals surface area contributed by atoms with Crippen LogP contribution in [0.5, 0.6) is 0 Å². The zero-order valence-electron chi connectivity index (χ0n) is 5.66. The van der Waals surface area contributed by atoms with Gasteiger partial charge in [0.05, 0.1) is 23.3 Å². The van der Waals surface area contributed by atoms with Crippen molar-refractivity contribution >= 4 is 15.9 Å². The van der Waals surface area contributed by atoms with Gasteiger partial charge in [-0.25, -0.2) is 0 Å². The van der Waals surface area contributed by atoms with E-state index >= 15 is 0 Å². The van der Waals surface area contributed by atoms with Crippen LogP contribution in [0.15, 0.2) is 16.9 Å². The van der Waals surface area contributed by atoms with E-state index < -0.39 is 0 Å². The zero-order valence-corrected chi connectivity index (χ0v) is 7.24. The molecule has 0 saturated heterocycles. The van der Waals surface area contributed by atoms with Crippen molar-refractivity contribution in [3.8, 4) is 0 Å². The fraction of sp³-hybridized carbons (Fsp3) is 0.500. The van der Waals surface area contributed by atoms with Crippen molar-refractivity contribution in [2.24, 2.45) is 0 Å². The van der Waals surface area contributed by atoms with Crippen LogP contribution >= 0.6 is 15.9 Å². The van der Waals surface area contributed by atoms with Gasteiger partial charge in [0, 0.05) is 6.20 Å². The average molecular weight is 205 g/mol. The average Bonchev–Trinajstić information content (AvgIpc) is 2.13. The second-order valence-electron chi connectivity index (χ2n) is 2.23. The minimum atomic E-state index is -0.341. The van der Waals surface area contributed by atoms with Gasteiger partial charge in [-0.3, -0.25) is 4.68 Å². The van der Waals surface area contributed by atoms with Gasteiger partial charge in [0.25, 0.3) is 0 Å². The van der Waals surface area contributed by atoms with E-state index in [9.17, 15) is 0 Å². The second kappa shape index (κ2) is 3.16. The maximum atomic E-state index is 8.94. The number of aliphatic hydroxyl groups is 1. The van der Waals surface area contributed by atoms with E-state index in [2.05, 4.69) is 21.0 Å². The summed E-state index contributed by atoms with van der Waals surface area (Å²) in [6.07, 6.45) is 3.18. The molecule has 56 valence electrons. The maximum absolute atomic E-state index is 8.94. The van der Waals surface area contributed by atoms with Crippen LogP contribution < -0.4 is 0 Å². The van der Waals surface area contributed by atoms with Gasteiger partial charge in [-0.15, -0.1) is 0 Å². The predicted octanol–water partition coefficient (Wildman–Crippen LogP) is 1.03. The molecule has 4 heteroatoms. The van der Waals surface area contributed by atoms with Crippen LogP contribution in [0.4, 0.5) is 0 Å². The lowest BCUT2D eigenvalue weighted by molar-refractivity contribution is 0.168. The number of aliphatic hydroxyl groups excluding tert-OH is 1. The number of aromatic nitrogens is 2. The quantitative estimate of drug-likeness (QED) is 0.782. The van der Waals surface area contributed by atoms with Crippen molar-refractivity contribution in [3.05, 3.63) is 16.9 Å². The molecule has 1 aromatic rings. The van der Waals surface area contributed by atoms with Gasteiger partial charge in [0.2, 0.25) is 0 Å². The normalized spacial score (nSPS) is 13.5. The van der Waals surface area contributed by atoms with Crippen LogP contribution in [0.1, 0.15) is 6.92 Å². The molecule has 0 fully saturated rings. The summed E-state index contributed by atoms with van der Waals surface area (Å²) in [6, 6.07) is 0. The van der Waals surface area contributed by atoms with Gasteiger partial charge in [-0.2, -0.15) is 5.10 Å². The van der Waals surface area contributed by atoms with Crippen molar-refractivity contribution in [2.75, 3.05) is 0 Å². The van der Waals surface area contributed by atoms with Crippen LogP contribution in [0.25, 0.3) is 0 Å². The summed E-state index contributed by atoms with van der Waals surface area (Å²) >= 11 is 3.26. The third-order valence-electron chi connectivity index (χ3n) is 1.05. The van der Waals surface area contributed by atoms with Crippen molar-refractivity contribution in [2.45, 2.75) is 19.6 Å². The molecular weight excluding hydrogens is 196 g/mol. The monoisotopic (exact) mass is 204 g/mol. The summed E-state index contributed by atoms with van der Waals surface area (Å²) in [5.41, 5.74) is 0. The highest BCUT2D eigenvalue weighted by molar-refractivity contribution is 9.10. The number of rotatable bonds is 2. The fourth-order valence-electron chi connectivity index (χ4n) is 0.709. The standard InChI is InChI=1S/C6H9BrN2O/c1-5(10)3-9-4-6(7)2-8-9/h2,4-5,10H,3H2,1H3. The topological polar surface area (TPSA) is 38.0 Å². The molecule has 0 aliphatic heterocycles. The molecule has 0 aliphatic rings. The number of hydrogen-bond donors (Lipinski definition) is 1. The summed E-state index contributed by atoms with van der Waals surface area (Å²) in [4.78, 5) is 0. The van der Waals surface area contributed by atoms with Crippen molar-refractivity contribution in [1.29, 1.82) is 0 Å². The van der Waals surface area contributed by atoms with Crippen LogP contribution in [0.3, 0.4) is 0 Å². The fourth-order valence-corrected chi connectivity index (χ4v) is 1.04. The first kappa shape index (κ1) is 7.75. The van der Waals surface area contributed by atoms with E-state index in [1.807, 2.05) is 6.20 Å². The zero-order chi connectivity index (χ0) is 7.56. The lowest BCUT2D eigenvalue weighted by Gasteiger charge is -2.01. The van der Waals surface area contributed by atoms with Crippen LogP contribution in [0.2, 0.25) is 0 Å². The lowest BCUT2D eigenvalue weighted by Crippen LogP contribution is -2.11. The highest BCUT2D eigenvalue weighted by Crippen LogP contribution is 2.06. The van der Waals surface area contributed by atoms with Crippen LogP contribution in [-0.2, 0) is 6.54 Å². The Kier molecular flexibility index (Phi) is 2.45. The summed E-state index contributed by atoms with van der Waals surface area (Å²) < 4.78 is 2.63. The highest BCUT2D eigenvalue weighted by atomic mass is 79.9. The minimum Gasteiger partial charge on any atom is -0.391 e. The lowest BCUT2D eigenvalue weighted by atomic mass is 10.4. The number of hydrogen-bond acceptors (Lipinski definition) is 2. The molecule has 10 heavy (non-hydrogen) atoms. The first-order chi connectivity index (χ1) is 4.68. The molecule has 1 heterocycles. The Balaban J connectivity index is 2.58. The van der Waals surface area contributed by atoms with Gasteiger partial charge in [-0.1, -0.05) is 0 Å². The first-order valence-electron chi connectivity index (χ1n) is 3.04.